The topological polar surface area (TPSA) is 45.2 Å². The van der Waals surface area contributed by atoms with E-state index < -0.39 is 0 Å². The first kappa shape index (κ1) is 15.4. The number of hydrogen-bond acceptors (Lipinski definition) is 4. The number of carbonyl (C=O) groups is 1. The number of nitrogens with one attached hydrogen (secondary N) is 1. The third-order valence-corrected chi connectivity index (χ3v) is 5.76. The fourth-order valence-corrected chi connectivity index (χ4v) is 4.24. The van der Waals surface area contributed by atoms with Crippen LogP contribution >= 0.6 is 23.1 Å². The first-order valence-corrected chi connectivity index (χ1v) is 9.33. The highest BCUT2D eigenvalue weighted by atomic mass is 32.2. The monoisotopic (exact) mass is 333 g/mol. The smallest absolute Gasteiger partial charge is 0.317 e. The van der Waals surface area contributed by atoms with E-state index in [2.05, 4.69) is 22.4 Å². The van der Waals surface area contributed by atoms with E-state index >= 15 is 0 Å². The second-order valence-corrected chi connectivity index (χ2v) is 7.46. The van der Waals surface area contributed by atoms with Gasteiger partial charge < -0.3 is 10.2 Å². The molecule has 22 heavy (non-hydrogen) atoms. The lowest BCUT2D eigenvalue weighted by Gasteiger charge is -2.26. The normalized spacial score (nSPS) is 14.9. The number of aromatic nitrogens is 1. The maximum absolute atomic E-state index is 12.1. The Hall–Kier alpha value is -1.53. The summed E-state index contributed by atoms with van der Waals surface area (Å²) < 4.78 is 0. The van der Waals surface area contributed by atoms with Crippen LogP contribution in [0.25, 0.3) is 10.6 Å². The molecule has 4 nitrogen and oxygen atoms in total. The quantitative estimate of drug-likeness (QED) is 0.936. The fraction of sp³-hybridized carbons (Fsp3) is 0.375. The first-order chi connectivity index (χ1) is 10.7. The van der Waals surface area contributed by atoms with Gasteiger partial charge in [0.1, 0.15) is 5.01 Å². The van der Waals surface area contributed by atoms with Crippen LogP contribution in [-0.2, 0) is 6.54 Å². The number of thiazole rings is 1. The molecule has 2 aromatic rings. The predicted octanol–water partition coefficient (Wildman–Crippen LogP) is 3.38. The van der Waals surface area contributed by atoms with Crippen LogP contribution in [0.4, 0.5) is 4.79 Å². The molecule has 0 spiro atoms. The summed E-state index contributed by atoms with van der Waals surface area (Å²) in [6, 6.07) is 10.2. The van der Waals surface area contributed by atoms with Crippen LogP contribution in [0.15, 0.2) is 30.3 Å². The van der Waals surface area contributed by atoms with Gasteiger partial charge in [-0.15, -0.1) is 11.3 Å². The third kappa shape index (κ3) is 3.62. The van der Waals surface area contributed by atoms with Crippen LogP contribution in [0.2, 0.25) is 0 Å². The lowest BCUT2D eigenvalue weighted by molar-refractivity contribution is 0.202. The summed E-state index contributed by atoms with van der Waals surface area (Å²) in [5.74, 6) is 2.07. The van der Waals surface area contributed by atoms with Crippen LogP contribution in [0, 0.1) is 6.92 Å². The summed E-state index contributed by atoms with van der Waals surface area (Å²) in [5, 5.41) is 4.03. The molecule has 1 fully saturated rings. The van der Waals surface area contributed by atoms with Gasteiger partial charge in [-0.25, -0.2) is 9.78 Å². The lowest BCUT2D eigenvalue weighted by Crippen LogP contribution is -2.44. The number of hydrogen-bond donors (Lipinski definition) is 1. The molecule has 2 heterocycles. The van der Waals surface area contributed by atoms with E-state index in [0.717, 1.165) is 45.7 Å². The molecule has 1 aromatic carbocycles. The summed E-state index contributed by atoms with van der Waals surface area (Å²) in [4.78, 5) is 19.8. The Bertz CT molecular complexity index is 636. The van der Waals surface area contributed by atoms with E-state index in [0.29, 0.717) is 6.54 Å². The second kappa shape index (κ2) is 7.15. The summed E-state index contributed by atoms with van der Waals surface area (Å²) in [6.45, 7) is 4.24. The summed E-state index contributed by atoms with van der Waals surface area (Å²) >= 11 is 3.56. The average Bonchev–Trinajstić information content (AvgIpc) is 2.95. The minimum atomic E-state index is 0.0364. The molecule has 116 valence electrons. The van der Waals surface area contributed by atoms with Gasteiger partial charge in [-0.3, -0.25) is 0 Å². The number of rotatable bonds is 3. The number of urea groups is 1. The van der Waals surface area contributed by atoms with Gasteiger partial charge in [-0.1, -0.05) is 30.3 Å². The van der Waals surface area contributed by atoms with Gasteiger partial charge in [0, 0.05) is 35.0 Å². The third-order valence-electron chi connectivity index (χ3n) is 3.61. The van der Waals surface area contributed by atoms with Crippen LogP contribution < -0.4 is 5.32 Å². The zero-order chi connectivity index (χ0) is 15.4. The molecule has 1 aliphatic rings. The number of carbonyl (C=O) groups excluding carboxylic acids is 1. The van der Waals surface area contributed by atoms with Gasteiger partial charge in [-0.2, -0.15) is 11.8 Å². The number of thioether (sulfide) groups is 1. The molecule has 0 radical (unpaired) electrons. The predicted molar refractivity (Wildman–Crippen MR) is 93.4 cm³/mol. The molecule has 1 aliphatic heterocycles. The second-order valence-electron chi connectivity index (χ2n) is 5.15. The number of amides is 2. The van der Waals surface area contributed by atoms with E-state index in [1.54, 1.807) is 11.3 Å². The van der Waals surface area contributed by atoms with Crippen LogP contribution in [-0.4, -0.2) is 40.5 Å². The van der Waals surface area contributed by atoms with Gasteiger partial charge in [0.2, 0.25) is 0 Å². The van der Waals surface area contributed by atoms with Crippen LogP contribution in [0.1, 0.15) is 10.6 Å². The minimum absolute atomic E-state index is 0.0364. The highest BCUT2D eigenvalue weighted by Crippen LogP contribution is 2.27. The standard InChI is InChI=1S/C16H19N3OS2/c1-12-14(11-17-16(20)19-7-9-21-10-8-19)22-15(18-12)13-5-3-2-4-6-13/h2-6H,7-11H2,1H3,(H,17,20). The van der Waals surface area contributed by atoms with Crippen molar-refractivity contribution in [3.63, 3.8) is 0 Å². The van der Waals surface area contributed by atoms with Crippen molar-refractivity contribution < 1.29 is 4.79 Å². The van der Waals surface area contributed by atoms with E-state index in [1.165, 1.54) is 0 Å². The van der Waals surface area contributed by atoms with E-state index in [-0.39, 0.29) is 6.03 Å². The van der Waals surface area contributed by atoms with Gasteiger partial charge in [0.25, 0.3) is 0 Å². The highest BCUT2D eigenvalue weighted by Gasteiger charge is 2.17. The molecule has 0 atom stereocenters. The van der Waals surface area contributed by atoms with Crippen molar-refractivity contribution in [2.24, 2.45) is 0 Å². The minimum Gasteiger partial charge on any atom is -0.333 e. The maximum Gasteiger partial charge on any atom is 0.317 e. The summed E-state index contributed by atoms with van der Waals surface area (Å²) in [5.41, 5.74) is 2.12. The van der Waals surface area contributed by atoms with E-state index in [1.807, 2.05) is 41.8 Å². The molecular formula is C16H19N3OS2. The molecule has 0 saturated carbocycles. The molecule has 3 rings (SSSR count). The fourth-order valence-electron chi connectivity index (χ4n) is 2.33. The number of benzene rings is 1. The average molecular weight is 333 g/mol. The van der Waals surface area contributed by atoms with Crippen molar-refractivity contribution >= 4 is 29.1 Å². The Kier molecular flexibility index (Phi) is 5.00. The van der Waals surface area contributed by atoms with Gasteiger partial charge in [0.15, 0.2) is 0 Å². The largest absolute Gasteiger partial charge is 0.333 e. The Balaban J connectivity index is 1.63. The molecule has 2 amide bonds. The number of nitrogens with zero attached hydrogens (tertiary/aromatic N) is 2. The van der Waals surface area contributed by atoms with E-state index in [9.17, 15) is 4.79 Å². The molecule has 6 heteroatoms. The Labute approximate surface area is 138 Å². The zero-order valence-corrected chi connectivity index (χ0v) is 14.2. The van der Waals surface area contributed by atoms with Crippen molar-refractivity contribution in [1.29, 1.82) is 0 Å². The molecule has 1 N–H and O–H groups in total. The van der Waals surface area contributed by atoms with Crippen LogP contribution in [0.5, 0.6) is 0 Å². The van der Waals surface area contributed by atoms with Crippen molar-refractivity contribution in [3.05, 3.63) is 40.9 Å². The number of aryl methyl sites for hydroxylation is 1. The SMILES string of the molecule is Cc1nc(-c2ccccc2)sc1CNC(=O)N1CCSCC1. The van der Waals surface area contributed by atoms with Gasteiger partial charge in [-0.05, 0) is 6.92 Å². The molecule has 0 bridgehead atoms. The molecular weight excluding hydrogens is 314 g/mol. The maximum atomic E-state index is 12.1. The molecule has 1 saturated heterocycles. The van der Waals surface area contributed by atoms with Crippen molar-refractivity contribution in [2.45, 2.75) is 13.5 Å². The van der Waals surface area contributed by atoms with Crippen molar-refractivity contribution in [1.82, 2.24) is 15.2 Å². The van der Waals surface area contributed by atoms with Crippen LogP contribution in [0.3, 0.4) is 0 Å². The Morgan fingerprint density at radius 3 is 2.73 bits per heavy atom. The summed E-state index contributed by atoms with van der Waals surface area (Å²) in [7, 11) is 0. The molecule has 0 aliphatic carbocycles. The van der Waals surface area contributed by atoms with E-state index in [4.69, 9.17) is 0 Å². The zero-order valence-electron chi connectivity index (χ0n) is 12.5. The van der Waals surface area contributed by atoms with Crippen molar-refractivity contribution in [2.75, 3.05) is 24.6 Å². The van der Waals surface area contributed by atoms with Gasteiger partial charge >= 0.3 is 6.03 Å². The summed E-state index contributed by atoms with van der Waals surface area (Å²) in [6.07, 6.45) is 0. The molecule has 0 unspecified atom stereocenters. The molecule has 1 aromatic heterocycles. The highest BCUT2D eigenvalue weighted by molar-refractivity contribution is 7.99. The lowest BCUT2D eigenvalue weighted by atomic mass is 10.2. The Morgan fingerprint density at radius 1 is 1.27 bits per heavy atom. The van der Waals surface area contributed by atoms with Crippen molar-refractivity contribution in [3.8, 4) is 10.6 Å². The van der Waals surface area contributed by atoms with Gasteiger partial charge in [0.05, 0.1) is 12.2 Å². The first-order valence-electron chi connectivity index (χ1n) is 7.36. The Morgan fingerprint density at radius 2 is 2.00 bits per heavy atom.